The van der Waals surface area contributed by atoms with Gasteiger partial charge in [-0.05, 0) is 23.3 Å². The highest BCUT2D eigenvalue weighted by Crippen LogP contribution is 2.40. The summed E-state index contributed by atoms with van der Waals surface area (Å²) < 4.78 is 5.85. The van der Waals surface area contributed by atoms with Crippen molar-refractivity contribution in [2.75, 3.05) is 5.32 Å². The molecule has 36 heavy (non-hydrogen) atoms. The van der Waals surface area contributed by atoms with Crippen molar-refractivity contribution in [1.82, 2.24) is 14.7 Å². The summed E-state index contributed by atoms with van der Waals surface area (Å²) in [7, 11) is 1.43. The Morgan fingerprint density at radius 3 is 2.17 bits per heavy atom. The molecular weight excluding hydrogens is 460 g/mol. The molecule has 0 saturated carbocycles. The van der Waals surface area contributed by atoms with E-state index in [1.54, 1.807) is 55.5 Å². The SMILES string of the molecule is CC(c1nc(C(=O)Nc2ccon2)c(O)c(=O)n1C)C(c1ccccc1C#N)c1ccccc1C#N. The van der Waals surface area contributed by atoms with Crippen molar-refractivity contribution in [2.24, 2.45) is 7.05 Å². The normalized spacial score (nSPS) is 11.5. The van der Waals surface area contributed by atoms with E-state index in [0.717, 1.165) is 4.57 Å². The van der Waals surface area contributed by atoms with Crippen LogP contribution in [-0.4, -0.2) is 25.7 Å². The summed E-state index contributed by atoms with van der Waals surface area (Å²) in [6.45, 7) is 1.78. The molecule has 0 aliphatic rings. The summed E-state index contributed by atoms with van der Waals surface area (Å²) in [6, 6.07) is 19.7. The first-order valence-corrected chi connectivity index (χ1v) is 10.9. The molecule has 0 aliphatic heterocycles. The minimum Gasteiger partial charge on any atom is -0.501 e. The Bertz CT molecular complexity index is 1520. The first kappa shape index (κ1) is 23.9. The summed E-state index contributed by atoms with van der Waals surface area (Å²) in [5.41, 5.74) is 0.754. The third-order valence-electron chi connectivity index (χ3n) is 5.94. The average Bonchev–Trinajstić information content (AvgIpc) is 3.41. The number of nitriles is 2. The molecule has 10 heteroatoms. The second-order valence-electron chi connectivity index (χ2n) is 8.03. The van der Waals surface area contributed by atoms with Crippen molar-refractivity contribution in [1.29, 1.82) is 10.5 Å². The molecular formula is C26H20N6O4. The van der Waals surface area contributed by atoms with E-state index in [2.05, 4.69) is 27.6 Å². The molecule has 0 aliphatic carbocycles. The lowest BCUT2D eigenvalue weighted by Crippen LogP contribution is -2.29. The molecule has 1 atom stereocenters. The van der Waals surface area contributed by atoms with Gasteiger partial charge in [-0.1, -0.05) is 48.5 Å². The van der Waals surface area contributed by atoms with Crippen LogP contribution in [0.4, 0.5) is 5.82 Å². The van der Waals surface area contributed by atoms with Gasteiger partial charge in [-0.3, -0.25) is 14.2 Å². The van der Waals surface area contributed by atoms with Crippen molar-refractivity contribution < 1.29 is 14.4 Å². The monoisotopic (exact) mass is 480 g/mol. The average molecular weight is 480 g/mol. The van der Waals surface area contributed by atoms with Gasteiger partial charge in [0.2, 0.25) is 5.75 Å². The molecule has 10 nitrogen and oxygen atoms in total. The van der Waals surface area contributed by atoms with Crippen LogP contribution in [-0.2, 0) is 7.05 Å². The molecule has 0 radical (unpaired) electrons. The van der Waals surface area contributed by atoms with Gasteiger partial charge in [0.25, 0.3) is 11.5 Å². The van der Waals surface area contributed by atoms with Crippen LogP contribution in [0.3, 0.4) is 0 Å². The summed E-state index contributed by atoms with van der Waals surface area (Å²) in [6.07, 6.45) is 1.25. The van der Waals surface area contributed by atoms with Gasteiger partial charge >= 0.3 is 0 Å². The molecule has 1 unspecified atom stereocenters. The molecule has 0 spiro atoms. The Morgan fingerprint density at radius 1 is 1.06 bits per heavy atom. The lowest BCUT2D eigenvalue weighted by Gasteiger charge is -2.27. The fourth-order valence-corrected chi connectivity index (χ4v) is 4.22. The highest BCUT2D eigenvalue weighted by molar-refractivity contribution is 6.04. The number of hydrogen-bond donors (Lipinski definition) is 2. The lowest BCUT2D eigenvalue weighted by atomic mass is 9.77. The van der Waals surface area contributed by atoms with E-state index in [1.807, 2.05) is 0 Å². The van der Waals surface area contributed by atoms with E-state index in [0.29, 0.717) is 22.3 Å². The van der Waals surface area contributed by atoms with Crippen LogP contribution >= 0.6 is 0 Å². The van der Waals surface area contributed by atoms with Gasteiger partial charge in [0.15, 0.2) is 11.5 Å². The second kappa shape index (κ2) is 9.95. The maximum atomic E-state index is 12.9. The Kier molecular flexibility index (Phi) is 6.61. The van der Waals surface area contributed by atoms with Crippen LogP contribution in [0.1, 0.15) is 57.3 Å². The molecule has 1 amide bonds. The second-order valence-corrected chi connectivity index (χ2v) is 8.03. The molecule has 2 N–H and O–H groups in total. The number of hydrogen-bond acceptors (Lipinski definition) is 8. The molecule has 0 fully saturated rings. The number of amides is 1. The zero-order valence-electron chi connectivity index (χ0n) is 19.3. The lowest BCUT2D eigenvalue weighted by molar-refractivity contribution is 0.101. The van der Waals surface area contributed by atoms with E-state index < -0.39 is 34.7 Å². The third kappa shape index (κ3) is 4.31. The first-order chi connectivity index (χ1) is 17.4. The quantitative estimate of drug-likeness (QED) is 0.425. The molecule has 0 saturated heterocycles. The van der Waals surface area contributed by atoms with Gasteiger partial charge < -0.3 is 14.9 Å². The number of carbonyl (C=O) groups excluding carboxylic acids is 1. The molecule has 4 aromatic rings. The van der Waals surface area contributed by atoms with Crippen LogP contribution in [0.2, 0.25) is 0 Å². The van der Waals surface area contributed by atoms with Crippen molar-refractivity contribution in [3.8, 4) is 17.9 Å². The van der Waals surface area contributed by atoms with Gasteiger partial charge in [0, 0.05) is 24.9 Å². The molecule has 4 rings (SSSR count). The van der Waals surface area contributed by atoms with Crippen molar-refractivity contribution in [2.45, 2.75) is 18.8 Å². The zero-order valence-corrected chi connectivity index (χ0v) is 19.3. The topological polar surface area (TPSA) is 158 Å². The fourth-order valence-electron chi connectivity index (χ4n) is 4.22. The Labute approximate surface area is 205 Å². The first-order valence-electron chi connectivity index (χ1n) is 10.9. The Morgan fingerprint density at radius 2 is 1.64 bits per heavy atom. The largest absolute Gasteiger partial charge is 0.501 e. The van der Waals surface area contributed by atoms with Gasteiger partial charge in [0.1, 0.15) is 12.1 Å². The Hall–Kier alpha value is -5.22. The number of carbonyl (C=O) groups is 1. The number of anilines is 1. The van der Waals surface area contributed by atoms with Crippen LogP contribution in [0.5, 0.6) is 5.75 Å². The number of benzene rings is 2. The zero-order chi connectivity index (χ0) is 25.8. The van der Waals surface area contributed by atoms with E-state index in [-0.39, 0.29) is 11.6 Å². The molecule has 178 valence electrons. The van der Waals surface area contributed by atoms with Gasteiger partial charge in [-0.15, -0.1) is 0 Å². The molecule has 2 aromatic carbocycles. The number of aromatic hydroxyl groups is 1. The van der Waals surface area contributed by atoms with Crippen molar-refractivity contribution >= 4 is 11.7 Å². The molecule has 0 bridgehead atoms. The van der Waals surface area contributed by atoms with Crippen LogP contribution < -0.4 is 10.9 Å². The van der Waals surface area contributed by atoms with Gasteiger partial charge in [0.05, 0.1) is 23.3 Å². The number of nitrogens with one attached hydrogen (secondary N) is 1. The predicted octanol–water partition coefficient (Wildman–Crippen LogP) is 3.41. The number of nitrogens with zero attached hydrogens (tertiary/aromatic N) is 5. The number of aromatic nitrogens is 3. The third-order valence-corrected chi connectivity index (χ3v) is 5.94. The van der Waals surface area contributed by atoms with Crippen LogP contribution in [0.15, 0.2) is 70.2 Å². The minimum absolute atomic E-state index is 0.0836. The van der Waals surface area contributed by atoms with Crippen molar-refractivity contribution in [3.05, 3.63) is 105 Å². The van der Waals surface area contributed by atoms with E-state index in [9.17, 15) is 25.2 Å². The summed E-state index contributed by atoms with van der Waals surface area (Å²) in [5.74, 6) is -2.59. The van der Waals surface area contributed by atoms with E-state index in [1.165, 1.54) is 19.4 Å². The van der Waals surface area contributed by atoms with E-state index >= 15 is 0 Å². The molecule has 2 heterocycles. The van der Waals surface area contributed by atoms with Gasteiger partial charge in [-0.2, -0.15) is 10.5 Å². The predicted molar refractivity (Wildman–Crippen MR) is 128 cm³/mol. The Balaban J connectivity index is 1.91. The summed E-state index contributed by atoms with van der Waals surface area (Å²) in [5, 5.41) is 36.0. The maximum Gasteiger partial charge on any atom is 0.296 e. The van der Waals surface area contributed by atoms with Gasteiger partial charge in [-0.25, -0.2) is 4.98 Å². The highest BCUT2D eigenvalue weighted by atomic mass is 16.5. The van der Waals surface area contributed by atoms with Crippen LogP contribution in [0.25, 0.3) is 0 Å². The minimum atomic E-state index is -0.848. The summed E-state index contributed by atoms with van der Waals surface area (Å²) in [4.78, 5) is 30.1. The fraction of sp³-hybridized carbons (Fsp3) is 0.154. The smallest absolute Gasteiger partial charge is 0.296 e. The van der Waals surface area contributed by atoms with E-state index in [4.69, 9.17) is 4.52 Å². The van der Waals surface area contributed by atoms with Crippen molar-refractivity contribution in [3.63, 3.8) is 0 Å². The molecule has 2 aromatic heterocycles. The number of rotatable bonds is 6. The maximum absolute atomic E-state index is 12.9. The standard InChI is InChI=1S/C26H20N6O4/c1-15(21(18-9-5-3-7-16(18)13-27)19-10-6-4-8-17(19)14-28)24-30-22(23(33)26(35)32(24)2)25(34)29-20-11-12-36-31-20/h3-12,15,21,33H,1-2H3,(H,29,31,34). The summed E-state index contributed by atoms with van der Waals surface area (Å²) >= 11 is 0. The van der Waals surface area contributed by atoms with Crippen LogP contribution in [0, 0.1) is 22.7 Å². The highest BCUT2D eigenvalue weighted by Gasteiger charge is 2.31.